The highest BCUT2D eigenvalue weighted by Gasteiger charge is 2.41. The first-order valence-corrected chi connectivity index (χ1v) is 15.8. The number of rotatable bonds is 9. The van der Waals surface area contributed by atoms with E-state index in [0.717, 1.165) is 45.5 Å². The number of hydrogen-bond acceptors (Lipinski definition) is 8. The van der Waals surface area contributed by atoms with Crippen molar-refractivity contribution >= 4 is 41.0 Å². The Labute approximate surface area is 279 Å². The van der Waals surface area contributed by atoms with E-state index in [1.54, 1.807) is 0 Å². The molecule has 0 aliphatic carbocycles. The quantitative estimate of drug-likeness (QED) is 0.0930. The largest absolute Gasteiger partial charge is 0.454 e. The smallest absolute Gasteiger partial charge is 0.338 e. The van der Waals surface area contributed by atoms with Gasteiger partial charge in [0.1, 0.15) is 16.9 Å². The molecule has 4 aromatic carbocycles. The SMILES string of the molecule is Cc1ccc(-c2cc(-c3ccccc3)nc(SC3CC(=O)N(c4ccc(C(=O)OCC(=O)c5ccc(F)cc5)cc4)C3=O)c2C#N)cc1. The van der Waals surface area contributed by atoms with Crippen LogP contribution in [0.5, 0.6) is 0 Å². The van der Waals surface area contributed by atoms with Crippen LogP contribution in [0, 0.1) is 24.1 Å². The second-order valence-electron chi connectivity index (χ2n) is 11.0. The van der Waals surface area contributed by atoms with Crippen LogP contribution < -0.4 is 4.90 Å². The summed E-state index contributed by atoms with van der Waals surface area (Å²) < 4.78 is 18.2. The van der Waals surface area contributed by atoms with E-state index in [1.807, 2.05) is 67.6 Å². The van der Waals surface area contributed by atoms with Crippen molar-refractivity contribution < 1.29 is 28.3 Å². The molecule has 0 saturated carbocycles. The van der Waals surface area contributed by atoms with Gasteiger partial charge in [0, 0.05) is 23.1 Å². The monoisotopic (exact) mass is 655 g/mol. The Morgan fingerprint density at radius 2 is 1.58 bits per heavy atom. The van der Waals surface area contributed by atoms with Crippen molar-refractivity contribution in [2.24, 2.45) is 0 Å². The van der Waals surface area contributed by atoms with Crippen molar-refractivity contribution in [3.8, 4) is 28.5 Å². The number of halogens is 1. The predicted molar refractivity (Wildman–Crippen MR) is 179 cm³/mol. The summed E-state index contributed by atoms with van der Waals surface area (Å²) in [5.41, 5.74) is 4.92. The van der Waals surface area contributed by atoms with Crippen LogP contribution in [-0.4, -0.2) is 40.4 Å². The van der Waals surface area contributed by atoms with Crippen molar-refractivity contribution in [2.75, 3.05) is 11.5 Å². The molecule has 1 unspecified atom stereocenters. The van der Waals surface area contributed by atoms with Gasteiger partial charge in [0.25, 0.3) is 0 Å². The zero-order valence-electron chi connectivity index (χ0n) is 25.6. The van der Waals surface area contributed by atoms with Gasteiger partial charge in [-0.25, -0.2) is 19.1 Å². The Bertz CT molecular complexity index is 2080. The summed E-state index contributed by atoms with van der Waals surface area (Å²) in [5.74, 6) is -2.67. The molecule has 1 atom stereocenters. The first-order chi connectivity index (χ1) is 23.2. The number of nitrogens with zero attached hydrogens (tertiary/aromatic N) is 3. The number of carbonyl (C=O) groups excluding carboxylic acids is 4. The molecule has 48 heavy (non-hydrogen) atoms. The maximum Gasteiger partial charge on any atom is 0.338 e. The van der Waals surface area contributed by atoms with Gasteiger partial charge in [0.05, 0.1) is 27.8 Å². The number of benzene rings is 4. The van der Waals surface area contributed by atoms with Crippen LogP contribution in [0.15, 0.2) is 114 Å². The number of pyridine rings is 1. The van der Waals surface area contributed by atoms with Crippen LogP contribution in [0.3, 0.4) is 0 Å². The fraction of sp³-hybridized carbons (Fsp3) is 0.105. The number of thioether (sulfide) groups is 1. The normalized spacial score (nSPS) is 14.1. The average Bonchev–Trinajstić information content (AvgIpc) is 3.39. The highest BCUT2D eigenvalue weighted by atomic mass is 32.2. The Morgan fingerprint density at radius 1 is 0.917 bits per heavy atom. The van der Waals surface area contributed by atoms with Crippen LogP contribution >= 0.6 is 11.8 Å². The van der Waals surface area contributed by atoms with Gasteiger partial charge in [0.15, 0.2) is 12.4 Å². The lowest BCUT2D eigenvalue weighted by Gasteiger charge is -2.16. The van der Waals surface area contributed by atoms with Crippen LogP contribution in [0.4, 0.5) is 10.1 Å². The Hall–Kier alpha value is -5.92. The molecule has 1 aliphatic rings. The molecule has 0 spiro atoms. The van der Waals surface area contributed by atoms with Crippen molar-refractivity contribution in [3.63, 3.8) is 0 Å². The van der Waals surface area contributed by atoms with E-state index in [-0.39, 0.29) is 23.2 Å². The third kappa shape index (κ3) is 6.77. The lowest BCUT2D eigenvalue weighted by atomic mass is 9.98. The van der Waals surface area contributed by atoms with Crippen LogP contribution in [0.25, 0.3) is 22.4 Å². The topological polar surface area (TPSA) is 117 Å². The number of aromatic nitrogens is 1. The van der Waals surface area contributed by atoms with Gasteiger partial charge in [-0.3, -0.25) is 14.4 Å². The number of imide groups is 1. The molecule has 2 amide bonds. The summed E-state index contributed by atoms with van der Waals surface area (Å²) in [6.45, 7) is 1.44. The zero-order chi connectivity index (χ0) is 33.8. The second-order valence-corrected chi connectivity index (χ2v) is 12.2. The molecule has 236 valence electrons. The van der Waals surface area contributed by atoms with Crippen molar-refractivity contribution in [2.45, 2.75) is 23.6 Å². The molecule has 8 nitrogen and oxygen atoms in total. The van der Waals surface area contributed by atoms with Crippen molar-refractivity contribution in [1.82, 2.24) is 4.98 Å². The third-order valence-corrected chi connectivity index (χ3v) is 8.92. The minimum atomic E-state index is -0.837. The third-order valence-electron chi connectivity index (χ3n) is 7.75. The van der Waals surface area contributed by atoms with Gasteiger partial charge < -0.3 is 4.74 Å². The first kappa shape index (κ1) is 32.0. The Kier molecular flexibility index (Phi) is 9.23. The summed E-state index contributed by atoms with van der Waals surface area (Å²) in [7, 11) is 0. The summed E-state index contributed by atoms with van der Waals surface area (Å²) in [5, 5.41) is 9.78. The van der Waals surface area contributed by atoms with Gasteiger partial charge >= 0.3 is 5.97 Å². The fourth-order valence-electron chi connectivity index (χ4n) is 5.21. The summed E-state index contributed by atoms with van der Waals surface area (Å²) in [4.78, 5) is 57.5. The maximum absolute atomic E-state index is 13.6. The van der Waals surface area contributed by atoms with Gasteiger partial charge in [-0.2, -0.15) is 5.26 Å². The number of esters is 1. The van der Waals surface area contributed by atoms with Crippen LogP contribution in [0.2, 0.25) is 0 Å². The molecule has 6 rings (SSSR count). The molecule has 1 aromatic heterocycles. The molecule has 10 heteroatoms. The minimum Gasteiger partial charge on any atom is -0.454 e. The van der Waals surface area contributed by atoms with Crippen molar-refractivity contribution in [3.05, 3.63) is 137 Å². The lowest BCUT2D eigenvalue weighted by molar-refractivity contribution is -0.121. The zero-order valence-corrected chi connectivity index (χ0v) is 26.4. The highest BCUT2D eigenvalue weighted by molar-refractivity contribution is 8.00. The number of amides is 2. The second kappa shape index (κ2) is 13.8. The number of ketones is 1. The van der Waals surface area contributed by atoms with Gasteiger partial charge in [-0.05, 0) is 67.1 Å². The molecule has 5 aromatic rings. The van der Waals surface area contributed by atoms with Gasteiger partial charge in [-0.1, -0.05) is 71.9 Å². The standard InChI is InChI=1S/C38H26FN3O5S/c1-23-7-9-24(10-8-23)30-19-32(25-5-3-2-4-6-25)41-36(31(30)21-40)48-34-20-35(44)42(37(34)45)29-17-13-27(14-18-29)38(46)47-22-33(43)26-11-15-28(39)16-12-26/h2-19,34H,20,22H2,1H3. The molecule has 2 heterocycles. The molecular formula is C38H26FN3O5S. The number of carbonyl (C=O) groups is 4. The van der Waals surface area contributed by atoms with E-state index < -0.39 is 41.2 Å². The average molecular weight is 656 g/mol. The Balaban J connectivity index is 1.21. The van der Waals surface area contributed by atoms with E-state index >= 15 is 0 Å². The lowest BCUT2D eigenvalue weighted by Crippen LogP contribution is -2.31. The minimum absolute atomic E-state index is 0.110. The highest BCUT2D eigenvalue weighted by Crippen LogP contribution is 2.39. The van der Waals surface area contributed by atoms with E-state index in [9.17, 15) is 28.8 Å². The number of hydrogen-bond donors (Lipinski definition) is 0. The molecule has 1 saturated heterocycles. The predicted octanol–water partition coefficient (Wildman–Crippen LogP) is 7.20. The number of anilines is 1. The molecule has 1 aliphatic heterocycles. The number of nitriles is 1. The summed E-state index contributed by atoms with van der Waals surface area (Å²) in [6.07, 6.45) is -0.110. The van der Waals surface area contributed by atoms with E-state index in [0.29, 0.717) is 21.8 Å². The van der Waals surface area contributed by atoms with Gasteiger partial charge in [-0.15, -0.1) is 0 Å². The number of aryl methyl sites for hydroxylation is 1. The van der Waals surface area contributed by atoms with E-state index in [2.05, 4.69) is 6.07 Å². The molecule has 0 radical (unpaired) electrons. The summed E-state index contributed by atoms with van der Waals surface area (Å²) in [6, 6.07) is 32.0. The van der Waals surface area contributed by atoms with Crippen LogP contribution in [0.1, 0.15) is 38.3 Å². The summed E-state index contributed by atoms with van der Waals surface area (Å²) >= 11 is 1.08. The van der Waals surface area contributed by atoms with E-state index in [1.165, 1.54) is 36.4 Å². The molecule has 0 N–H and O–H groups in total. The van der Waals surface area contributed by atoms with Crippen molar-refractivity contribution in [1.29, 1.82) is 5.26 Å². The Morgan fingerprint density at radius 3 is 2.25 bits per heavy atom. The molecule has 0 bridgehead atoms. The van der Waals surface area contributed by atoms with Crippen LogP contribution in [-0.2, 0) is 14.3 Å². The van der Waals surface area contributed by atoms with E-state index in [4.69, 9.17) is 9.72 Å². The molecule has 1 fully saturated rings. The fourth-order valence-corrected chi connectivity index (χ4v) is 6.34. The van der Waals surface area contributed by atoms with Gasteiger partial charge in [0.2, 0.25) is 11.8 Å². The number of Topliss-reactive ketones (excluding diaryl/α,β-unsaturated/α-hetero) is 1. The number of ether oxygens (including phenoxy) is 1. The first-order valence-electron chi connectivity index (χ1n) is 14.9. The molecular weight excluding hydrogens is 629 g/mol. The maximum atomic E-state index is 13.6.